The molecule has 1 aromatic carbocycles. The second kappa shape index (κ2) is 5.21. The van der Waals surface area contributed by atoms with Gasteiger partial charge in [-0.3, -0.25) is 4.79 Å². The SMILES string of the molecule is COc1cc(C(C)=O)ccc1OC1CCS(=O)(=O)C1. The minimum atomic E-state index is -2.98. The highest BCUT2D eigenvalue weighted by atomic mass is 32.2. The molecular formula is C13H16O5S. The highest BCUT2D eigenvalue weighted by molar-refractivity contribution is 7.91. The molecule has 0 aromatic heterocycles. The molecule has 1 fully saturated rings. The molecule has 0 aliphatic carbocycles. The number of benzene rings is 1. The molecule has 5 nitrogen and oxygen atoms in total. The Balaban J connectivity index is 2.19. The van der Waals surface area contributed by atoms with Gasteiger partial charge in [0.05, 0.1) is 18.6 Å². The predicted octanol–water partition coefficient (Wildman–Crippen LogP) is 1.46. The fourth-order valence-electron chi connectivity index (χ4n) is 2.02. The molecule has 0 N–H and O–H groups in total. The molecular weight excluding hydrogens is 268 g/mol. The van der Waals surface area contributed by atoms with Crippen molar-refractivity contribution in [2.75, 3.05) is 18.6 Å². The van der Waals surface area contributed by atoms with Gasteiger partial charge in [0.15, 0.2) is 27.1 Å². The van der Waals surface area contributed by atoms with Gasteiger partial charge in [0.1, 0.15) is 6.10 Å². The van der Waals surface area contributed by atoms with Gasteiger partial charge in [-0.1, -0.05) is 0 Å². The summed E-state index contributed by atoms with van der Waals surface area (Å²) >= 11 is 0. The van der Waals surface area contributed by atoms with Crippen molar-refractivity contribution >= 4 is 15.6 Å². The monoisotopic (exact) mass is 284 g/mol. The maximum atomic E-state index is 11.4. The topological polar surface area (TPSA) is 69.7 Å². The summed E-state index contributed by atoms with van der Waals surface area (Å²) in [6.07, 6.45) is 0.141. The smallest absolute Gasteiger partial charge is 0.161 e. The molecule has 19 heavy (non-hydrogen) atoms. The zero-order valence-corrected chi connectivity index (χ0v) is 11.7. The predicted molar refractivity (Wildman–Crippen MR) is 70.7 cm³/mol. The lowest BCUT2D eigenvalue weighted by atomic mass is 10.1. The van der Waals surface area contributed by atoms with Gasteiger partial charge in [-0.15, -0.1) is 0 Å². The van der Waals surface area contributed by atoms with Gasteiger partial charge < -0.3 is 9.47 Å². The van der Waals surface area contributed by atoms with Gasteiger partial charge in [-0.05, 0) is 31.5 Å². The van der Waals surface area contributed by atoms with Gasteiger partial charge in [0.2, 0.25) is 0 Å². The lowest BCUT2D eigenvalue weighted by Crippen LogP contribution is -2.18. The van der Waals surface area contributed by atoms with Crippen LogP contribution in [-0.2, 0) is 9.84 Å². The minimum Gasteiger partial charge on any atom is -0.493 e. The second-order valence-electron chi connectivity index (χ2n) is 4.56. The van der Waals surface area contributed by atoms with Crippen molar-refractivity contribution in [3.63, 3.8) is 0 Å². The zero-order chi connectivity index (χ0) is 14.0. The van der Waals surface area contributed by atoms with Gasteiger partial charge in [0, 0.05) is 5.56 Å². The third-order valence-corrected chi connectivity index (χ3v) is 4.79. The Bertz CT molecular complexity index is 591. The van der Waals surface area contributed by atoms with Crippen molar-refractivity contribution in [2.45, 2.75) is 19.4 Å². The summed E-state index contributed by atoms with van der Waals surface area (Å²) in [4.78, 5) is 11.3. The third-order valence-electron chi connectivity index (χ3n) is 3.05. The first-order valence-electron chi connectivity index (χ1n) is 5.97. The molecule has 0 saturated carbocycles. The molecule has 6 heteroatoms. The van der Waals surface area contributed by atoms with E-state index in [1.165, 1.54) is 14.0 Å². The van der Waals surface area contributed by atoms with Crippen LogP contribution in [0, 0.1) is 0 Å². The second-order valence-corrected chi connectivity index (χ2v) is 6.79. The first kappa shape index (κ1) is 13.9. The maximum absolute atomic E-state index is 11.4. The summed E-state index contributed by atoms with van der Waals surface area (Å²) in [6.45, 7) is 1.47. The number of ketones is 1. The van der Waals surface area contributed by atoms with Gasteiger partial charge in [-0.2, -0.15) is 0 Å². The van der Waals surface area contributed by atoms with Gasteiger partial charge in [0.25, 0.3) is 0 Å². The van der Waals surface area contributed by atoms with E-state index in [-0.39, 0.29) is 23.4 Å². The molecule has 1 aliphatic rings. The standard InChI is InChI=1S/C13H16O5S/c1-9(14)10-3-4-12(13(7-10)17-2)18-11-5-6-19(15,16)8-11/h3-4,7,11H,5-6,8H2,1-2H3. The Labute approximate surface area is 112 Å². The third kappa shape index (κ3) is 3.26. The Morgan fingerprint density at radius 2 is 2.05 bits per heavy atom. The highest BCUT2D eigenvalue weighted by Gasteiger charge is 2.30. The molecule has 1 unspecified atom stereocenters. The summed E-state index contributed by atoms with van der Waals surface area (Å²) < 4.78 is 33.6. The van der Waals surface area contributed by atoms with E-state index in [9.17, 15) is 13.2 Å². The van der Waals surface area contributed by atoms with Crippen molar-refractivity contribution in [1.82, 2.24) is 0 Å². The van der Waals surface area contributed by atoms with Crippen molar-refractivity contribution in [1.29, 1.82) is 0 Å². The van der Waals surface area contributed by atoms with Crippen LogP contribution in [0.5, 0.6) is 11.5 Å². The first-order chi connectivity index (χ1) is 8.91. The number of hydrogen-bond acceptors (Lipinski definition) is 5. The summed E-state index contributed by atoms with van der Waals surface area (Å²) in [7, 11) is -1.49. The summed E-state index contributed by atoms with van der Waals surface area (Å²) in [6, 6.07) is 4.88. The Kier molecular flexibility index (Phi) is 3.80. The average Bonchev–Trinajstić information content (AvgIpc) is 2.69. The lowest BCUT2D eigenvalue weighted by molar-refractivity contribution is 0.101. The molecule has 1 saturated heterocycles. The molecule has 0 bridgehead atoms. The van der Waals surface area contributed by atoms with E-state index in [1.807, 2.05) is 0 Å². The van der Waals surface area contributed by atoms with Crippen LogP contribution in [0.3, 0.4) is 0 Å². The number of methoxy groups -OCH3 is 1. The van der Waals surface area contributed by atoms with E-state index in [0.717, 1.165) is 0 Å². The van der Waals surface area contributed by atoms with Crippen LogP contribution >= 0.6 is 0 Å². The fourth-order valence-corrected chi connectivity index (χ4v) is 3.61. The van der Waals surface area contributed by atoms with Crippen LogP contribution in [0.4, 0.5) is 0 Å². The highest BCUT2D eigenvalue weighted by Crippen LogP contribution is 2.30. The lowest BCUT2D eigenvalue weighted by Gasteiger charge is -2.15. The molecule has 0 amide bonds. The van der Waals surface area contributed by atoms with E-state index in [1.54, 1.807) is 18.2 Å². The number of rotatable bonds is 4. The number of Topliss-reactive ketones (excluding diaryl/α,β-unsaturated/α-hetero) is 1. The largest absolute Gasteiger partial charge is 0.493 e. The zero-order valence-electron chi connectivity index (χ0n) is 10.9. The fraction of sp³-hybridized carbons (Fsp3) is 0.462. The Morgan fingerprint density at radius 1 is 1.32 bits per heavy atom. The number of ether oxygens (including phenoxy) is 2. The van der Waals surface area contributed by atoms with Crippen molar-refractivity contribution in [3.05, 3.63) is 23.8 Å². The van der Waals surface area contributed by atoms with Crippen LogP contribution in [-0.4, -0.2) is 38.9 Å². The van der Waals surface area contributed by atoms with E-state index in [4.69, 9.17) is 9.47 Å². The molecule has 1 atom stereocenters. The summed E-state index contributed by atoms with van der Waals surface area (Å²) in [5, 5.41) is 0. The van der Waals surface area contributed by atoms with Crippen LogP contribution in [0.1, 0.15) is 23.7 Å². The molecule has 2 rings (SSSR count). The van der Waals surface area contributed by atoms with E-state index in [0.29, 0.717) is 23.5 Å². The first-order valence-corrected chi connectivity index (χ1v) is 7.79. The normalized spacial score (nSPS) is 21.1. The van der Waals surface area contributed by atoms with Crippen LogP contribution in [0.2, 0.25) is 0 Å². The molecule has 1 aliphatic heterocycles. The molecule has 0 radical (unpaired) electrons. The Hall–Kier alpha value is -1.56. The van der Waals surface area contributed by atoms with Crippen LogP contribution in [0.15, 0.2) is 18.2 Å². The Morgan fingerprint density at radius 3 is 2.58 bits per heavy atom. The van der Waals surface area contributed by atoms with E-state index in [2.05, 4.69) is 0 Å². The van der Waals surface area contributed by atoms with Crippen LogP contribution < -0.4 is 9.47 Å². The maximum Gasteiger partial charge on any atom is 0.161 e. The summed E-state index contributed by atoms with van der Waals surface area (Å²) in [5.74, 6) is 1.04. The number of carbonyl (C=O) groups excluding carboxylic acids is 1. The van der Waals surface area contributed by atoms with E-state index >= 15 is 0 Å². The van der Waals surface area contributed by atoms with Gasteiger partial charge >= 0.3 is 0 Å². The number of hydrogen-bond donors (Lipinski definition) is 0. The van der Waals surface area contributed by atoms with Crippen LogP contribution in [0.25, 0.3) is 0 Å². The number of carbonyl (C=O) groups is 1. The molecule has 1 aromatic rings. The quantitative estimate of drug-likeness (QED) is 0.783. The van der Waals surface area contributed by atoms with Crippen molar-refractivity contribution < 1.29 is 22.7 Å². The molecule has 104 valence electrons. The molecule has 0 spiro atoms. The van der Waals surface area contributed by atoms with Crippen molar-refractivity contribution in [3.8, 4) is 11.5 Å². The average molecular weight is 284 g/mol. The minimum absolute atomic E-state index is 0.0324. The van der Waals surface area contributed by atoms with E-state index < -0.39 is 9.84 Å². The summed E-state index contributed by atoms with van der Waals surface area (Å²) in [5.41, 5.74) is 0.531. The molecule has 1 heterocycles. The van der Waals surface area contributed by atoms with Crippen molar-refractivity contribution in [2.24, 2.45) is 0 Å². The van der Waals surface area contributed by atoms with Gasteiger partial charge in [-0.25, -0.2) is 8.42 Å². The number of sulfone groups is 1.